The van der Waals surface area contributed by atoms with Gasteiger partial charge in [-0.2, -0.15) is 0 Å². The lowest BCUT2D eigenvalue weighted by atomic mass is 10.2. The molecule has 0 fully saturated rings. The van der Waals surface area contributed by atoms with Crippen LogP contribution in [-0.2, 0) is 9.53 Å². The monoisotopic (exact) mass is 239 g/mol. The fourth-order valence-corrected chi connectivity index (χ4v) is 1.18. The fraction of sp³-hybridized carbons (Fsp3) is 0.273. The van der Waals surface area contributed by atoms with Gasteiger partial charge in [-0.05, 0) is 25.1 Å². The second kappa shape index (κ2) is 5.20. The van der Waals surface area contributed by atoms with Gasteiger partial charge in [0.2, 0.25) is 0 Å². The molecule has 0 spiro atoms. The molecule has 0 heterocycles. The molecular weight excluding hydrogens is 226 g/mol. The first-order chi connectivity index (χ1) is 7.95. The van der Waals surface area contributed by atoms with E-state index in [1.807, 2.05) is 0 Å². The smallest absolute Gasteiger partial charge is 0.328 e. The Kier molecular flexibility index (Phi) is 3.92. The average Bonchev–Trinajstić information content (AvgIpc) is 2.31. The number of esters is 1. The number of benzene rings is 1. The Morgan fingerprint density at radius 2 is 1.94 bits per heavy atom. The average molecular weight is 239 g/mol. The van der Waals surface area contributed by atoms with Crippen LogP contribution in [0.1, 0.15) is 17.3 Å². The molecule has 1 atom stereocenters. The van der Waals surface area contributed by atoms with E-state index in [2.05, 4.69) is 10.1 Å². The number of amides is 1. The summed E-state index contributed by atoms with van der Waals surface area (Å²) < 4.78 is 4.45. The Hall–Kier alpha value is -2.24. The summed E-state index contributed by atoms with van der Waals surface area (Å²) in [6.07, 6.45) is 0. The number of ether oxygens (including phenoxy) is 1. The molecule has 0 bridgehead atoms. The highest BCUT2D eigenvalue weighted by molar-refractivity contribution is 5.97. The maximum absolute atomic E-state index is 11.6. The lowest BCUT2D eigenvalue weighted by molar-refractivity contribution is -0.142. The van der Waals surface area contributed by atoms with E-state index in [0.29, 0.717) is 0 Å². The Balaban J connectivity index is 2.76. The third-order valence-corrected chi connectivity index (χ3v) is 2.14. The molecule has 17 heavy (non-hydrogen) atoms. The van der Waals surface area contributed by atoms with Crippen LogP contribution < -0.4 is 5.32 Å². The molecule has 0 aliphatic rings. The van der Waals surface area contributed by atoms with Crippen LogP contribution in [0.15, 0.2) is 18.2 Å². The lowest BCUT2D eigenvalue weighted by Crippen LogP contribution is -2.39. The molecule has 1 aromatic rings. The van der Waals surface area contributed by atoms with Crippen molar-refractivity contribution >= 4 is 11.9 Å². The molecule has 0 saturated carbocycles. The largest absolute Gasteiger partial charge is 0.504 e. The van der Waals surface area contributed by atoms with Gasteiger partial charge in [0.15, 0.2) is 11.5 Å². The van der Waals surface area contributed by atoms with Crippen LogP contribution in [0, 0.1) is 0 Å². The van der Waals surface area contributed by atoms with Gasteiger partial charge in [0.1, 0.15) is 6.04 Å². The summed E-state index contributed by atoms with van der Waals surface area (Å²) in [6, 6.07) is 2.83. The topological polar surface area (TPSA) is 95.9 Å². The number of hydrogen-bond donors (Lipinski definition) is 3. The van der Waals surface area contributed by atoms with Crippen molar-refractivity contribution in [3.8, 4) is 11.5 Å². The number of rotatable bonds is 3. The van der Waals surface area contributed by atoms with E-state index in [0.717, 1.165) is 6.07 Å². The molecule has 1 amide bonds. The summed E-state index contributed by atoms with van der Waals surface area (Å²) in [4.78, 5) is 22.7. The van der Waals surface area contributed by atoms with Crippen molar-refractivity contribution in [1.82, 2.24) is 5.32 Å². The maximum atomic E-state index is 11.6. The van der Waals surface area contributed by atoms with Gasteiger partial charge in [0, 0.05) is 5.56 Å². The highest BCUT2D eigenvalue weighted by atomic mass is 16.5. The van der Waals surface area contributed by atoms with Crippen molar-refractivity contribution in [3.05, 3.63) is 23.8 Å². The molecule has 0 saturated heterocycles. The van der Waals surface area contributed by atoms with Crippen molar-refractivity contribution in [3.63, 3.8) is 0 Å². The van der Waals surface area contributed by atoms with Gasteiger partial charge in [-0.3, -0.25) is 4.79 Å². The number of phenols is 2. The first-order valence-corrected chi connectivity index (χ1v) is 4.86. The Labute approximate surface area is 97.8 Å². The quantitative estimate of drug-likeness (QED) is 0.523. The van der Waals surface area contributed by atoms with E-state index in [1.54, 1.807) is 0 Å². The molecule has 1 rings (SSSR count). The minimum atomic E-state index is -0.788. The van der Waals surface area contributed by atoms with E-state index >= 15 is 0 Å². The Morgan fingerprint density at radius 1 is 1.29 bits per heavy atom. The second-order valence-electron chi connectivity index (χ2n) is 3.42. The van der Waals surface area contributed by atoms with Crippen LogP contribution in [0.4, 0.5) is 0 Å². The summed E-state index contributed by atoms with van der Waals surface area (Å²) in [5.74, 6) is -1.83. The molecule has 0 aromatic heterocycles. The number of nitrogens with one attached hydrogen (secondary N) is 1. The maximum Gasteiger partial charge on any atom is 0.328 e. The van der Waals surface area contributed by atoms with Crippen LogP contribution in [0.25, 0.3) is 0 Å². The molecule has 1 aromatic carbocycles. The molecule has 0 aliphatic heterocycles. The summed E-state index contributed by atoms with van der Waals surface area (Å²) >= 11 is 0. The van der Waals surface area contributed by atoms with Crippen molar-refractivity contribution in [1.29, 1.82) is 0 Å². The van der Waals surface area contributed by atoms with Crippen LogP contribution in [0.5, 0.6) is 11.5 Å². The van der Waals surface area contributed by atoms with Crippen LogP contribution in [-0.4, -0.2) is 35.2 Å². The number of carbonyl (C=O) groups excluding carboxylic acids is 2. The van der Waals surface area contributed by atoms with Crippen molar-refractivity contribution in [2.45, 2.75) is 13.0 Å². The number of methoxy groups -OCH3 is 1. The standard InChI is InChI=1S/C11H13NO5/c1-6(11(16)17-2)12-10(15)7-3-4-8(13)9(14)5-7/h3-6,13-14H,1-2H3,(H,12,15). The zero-order chi connectivity index (χ0) is 13.0. The zero-order valence-corrected chi connectivity index (χ0v) is 9.43. The Bertz CT molecular complexity index is 443. The zero-order valence-electron chi connectivity index (χ0n) is 9.43. The summed E-state index contributed by atoms with van der Waals surface area (Å²) in [5.41, 5.74) is 0.135. The number of aromatic hydroxyl groups is 2. The molecule has 6 nitrogen and oxygen atoms in total. The number of hydrogen-bond acceptors (Lipinski definition) is 5. The minimum absolute atomic E-state index is 0.135. The molecule has 1 unspecified atom stereocenters. The van der Waals surface area contributed by atoms with E-state index in [-0.39, 0.29) is 11.3 Å². The second-order valence-corrected chi connectivity index (χ2v) is 3.42. The van der Waals surface area contributed by atoms with E-state index in [1.165, 1.54) is 26.2 Å². The normalized spacial score (nSPS) is 11.6. The molecule has 0 radical (unpaired) electrons. The highest BCUT2D eigenvalue weighted by Crippen LogP contribution is 2.24. The lowest BCUT2D eigenvalue weighted by Gasteiger charge is -2.11. The Morgan fingerprint density at radius 3 is 2.47 bits per heavy atom. The van der Waals surface area contributed by atoms with Gasteiger partial charge in [0.05, 0.1) is 7.11 Å². The molecule has 3 N–H and O–H groups in total. The summed E-state index contributed by atoms with van der Waals surface area (Å²) in [7, 11) is 1.22. The van der Waals surface area contributed by atoms with Crippen molar-refractivity contribution in [2.75, 3.05) is 7.11 Å². The summed E-state index contributed by atoms with van der Waals surface area (Å²) in [5, 5.41) is 20.7. The van der Waals surface area contributed by atoms with Crippen molar-refractivity contribution in [2.24, 2.45) is 0 Å². The predicted molar refractivity (Wildman–Crippen MR) is 58.7 cm³/mol. The number of phenolic OH excluding ortho intramolecular Hbond substituents is 2. The predicted octanol–water partition coefficient (Wildman–Crippen LogP) is 0.389. The highest BCUT2D eigenvalue weighted by Gasteiger charge is 2.17. The van der Waals surface area contributed by atoms with Crippen LogP contribution in [0.2, 0.25) is 0 Å². The van der Waals surface area contributed by atoms with Crippen molar-refractivity contribution < 1.29 is 24.5 Å². The van der Waals surface area contributed by atoms with E-state index < -0.39 is 23.7 Å². The molecular formula is C11H13NO5. The third-order valence-electron chi connectivity index (χ3n) is 2.14. The van der Waals surface area contributed by atoms with E-state index in [4.69, 9.17) is 5.11 Å². The number of carbonyl (C=O) groups is 2. The van der Waals surface area contributed by atoms with Gasteiger partial charge >= 0.3 is 5.97 Å². The van der Waals surface area contributed by atoms with Gasteiger partial charge in [0.25, 0.3) is 5.91 Å². The van der Waals surface area contributed by atoms with Crippen LogP contribution in [0.3, 0.4) is 0 Å². The van der Waals surface area contributed by atoms with Gasteiger partial charge in [-0.1, -0.05) is 0 Å². The first kappa shape index (κ1) is 12.8. The fourth-order valence-electron chi connectivity index (χ4n) is 1.18. The molecule has 92 valence electrons. The third kappa shape index (κ3) is 3.10. The van der Waals surface area contributed by atoms with Crippen LogP contribution >= 0.6 is 0 Å². The van der Waals surface area contributed by atoms with Gasteiger partial charge in [-0.25, -0.2) is 4.79 Å². The minimum Gasteiger partial charge on any atom is -0.504 e. The molecule has 6 heteroatoms. The first-order valence-electron chi connectivity index (χ1n) is 4.86. The summed E-state index contributed by atoms with van der Waals surface area (Å²) in [6.45, 7) is 1.48. The van der Waals surface area contributed by atoms with Gasteiger partial charge < -0.3 is 20.3 Å². The van der Waals surface area contributed by atoms with E-state index in [9.17, 15) is 14.7 Å². The van der Waals surface area contributed by atoms with Gasteiger partial charge in [-0.15, -0.1) is 0 Å². The SMILES string of the molecule is COC(=O)C(C)NC(=O)c1ccc(O)c(O)c1. The molecule has 0 aliphatic carbocycles.